The lowest BCUT2D eigenvalue weighted by molar-refractivity contribution is -0.146. The Hall–Kier alpha value is -1.58. The molecule has 2 amide bonds. The number of rotatable bonds is 2. The first kappa shape index (κ1) is 20.4. The quantitative estimate of drug-likeness (QED) is 0.477. The first-order chi connectivity index (χ1) is 9.39. The predicted octanol–water partition coefficient (Wildman–Crippen LogP) is -0.398. The van der Waals surface area contributed by atoms with Gasteiger partial charge in [0, 0.05) is 14.1 Å². The molecule has 22 heavy (non-hydrogen) atoms. The predicted molar refractivity (Wildman–Crippen MR) is 55.5 cm³/mol. The molecule has 16 heteroatoms. The minimum Gasteiger partial charge on any atom is -0.262 e. The maximum absolute atomic E-state index is 12.1. The fourth-order valence-corrected chi connectivity index (χ4v) is 2.01. The molecule has 0 atom stereocenters. The van der Waals surface area contributed by atoms with Crippen molar-refractivity contribution in [1.29, 1.82) is 0 Å². The third kappa shape index (κ3) is 3.42. The van der Waals surface area contributed by atoms with Crippen LogP contribution >= 0.6 is 0 Å². The highest BCUT2D eigenvalue weighted by molar-refractivity contribution is 7.91. The molecule has 0 bridgehead atoms. The summed E-state index contributed by atoms with van der Waals surface area (Å²) in [5.41, 5.74) is -12.1. The molecule has 0 N–H and O–H groups in total. The zero-order valence-corrected chi connectivity index (χ0v) is 12.1. The minimum atomic E-state index is -6.37. The summed E-state index contributed by atoms with van der Waals surface area (Å²) < 4.78 is 114. The van der Waals surface area contributed by atoms with Gasteiger partial charge < -0.3 is 0 Å². The Kier molecular flexibility index (Phi) is 5.16. The van der Waals surface area contributed by atoms with Crippen molar-refractivity contribution in [3.05, 3.63) is 0 Å². The normalized spacial score (nSPS) is 13.6. The van der Waals surface area contributed by atoms with Crippen LogP contribution in [0.4, 0.5) is 26.3 Å². The summed E-state index contributed by atoms with van der Waals surface area (Å²) in [6, 6.07) is 0. The fraction of sp³-hybridized carbons (Fsp3) is 0.667. The second-order valence-electron chi connectivity index (χ2n) is 3.45. The van der Waals surface area contributed by atoms with Gasteiger partial charge in [0.05, 0.1) is 0 Å². The monoisotopic (exact) mass is 380 g/mol. The molecular formula is C6H6F6N2O6S2. The van der Waals surface area contributed by atoms with Crippen molar-refractivity contribution >= 4 is 31.9 Å². The standard InChI is InChI=1S/C6H6F6N2O6S2/c1-13(21(17,18)5(7,8)9)3(15)4(16)14(2)22(19,20)6(10,11)12/h1-2H3. The van der Waals surface area contributed by atoms with E-state index in [4.69, 9.17) is 0 Å². The number of sulfonamides is 2. The largest absolute Gasteiger partial charge is 0.516 e. The van der Waals surface area contributed by atoms with Gasteiger partial charge >= 0.3 is 42.9 Å². The van der Waals surface area contributed by atoms with Gasteiger partial charge in [0.15, 0.2) is 0 Å². The number of amides is 2. The van der Waals surface area contributed by atoms with E-state index in [1.54, 1.807) is 0 Å². The van der Waals surface area contributed by atoms with Crippen molar-refractivity contribution in [1.82, 2.24) is 8.61 Å². The van der Waals surface area contributed by atoms with Gasteiger partial charge in [-0.05, 0) is 0 Å². The number of carbonyl (C=O) groups excluding carboxylic acids is 2. The van der Waals surface area contributed by atoms with Gasteiger partial charge in [0.1, 0.15) is 0 Å². The molecule has 0 saturated heterocycles. The Labute approximate surface area is 119 Å². The summed E-state index contributed by atoms with van der Waals surface area (Å²) >= 11 is 0. The Morgan fingerprint density at radius 3 is 1.00 bits per heavy atom. The molecule has 130 valence electrons. The lowest BCUT2D eigenvalue weighted by Gasteiger charge is -2.22. The van der Waals surface area contributed by atoms with Crippen LogP contribution < -0.4 is 0 Å². The second-order valence-corrected chi connectivity index (χ2v) is 7.37. The van der Waals surface area contributed by atoms with E-state index in [9.17, 15) is 52.8 Å². The van der Waals surface area contributed by atoms with Crippen LogP contribution in [0.15, 0.2) is 0 Å². The van der Waals surface area contributed by atoms with Crippen LogP contribution in [0, 0.1) is 0 Å². The fourth-order valence-electron chi connectivity index (χ4n) is 0.798. The van der Waals surface area contributed by atoms with Crippen LogP contribution in [0.2, 0.25) is 0 Å². The summed E-state index contributed by atoms with van der Waals surface area (Å²) in [5.74, 6) is -5.29. The summed E-state index contributed by atoms with van der Waals surface area (Å²) in [5, 5.41) is 0. The molecule has 0 aromatic rings. The molecule has 0 unspecified atom stereocenters. The zero-order valence-electron chi connectivity index (χ0n) is 10.4. The number of likely N-dealkylation sites (N-methyl/N-ethyl adjacent to an activating group) is 2. The summed E-state index contributed by atoms with van der Waals surface area (Å²) in [4.78, 5) is 22.4. The van der Waals surface area contributed by atoms with Gasteiger partial charge in [0.2, 0.25) is 0 Å². The molecular weight excluding hydrogens is 374 g/mol. The number of alkyl halides is 6. The minimum absolute atomic E-state index is 0.0723. The summed E-state index contributed by atoms with van der Waals surface area (Å²) in [7, 11) is -12.9. The Bertz CT molecular complexity index is 617. The first-order valence-electron chi connectivity index (χ1n) is 4.57. The van der Waals surface area contributed by atoms with Gasteiger partial charge in [-0.3, -0.25) is 9.59 Å². The van der Waals surface area contributed by atoms with E-state index in [0.29, 0.717) is 0 Å². The second kappa shape index (κ2) is 5.56. The molecule has 0 aromatic heterocycles. The zero-order chi connectivity index (χ0) is 18.3. The molecule has 0 aliphatic rings. The lowest BCUT2D eigenvalue weighted by atomic mass is 10.6. The molecule has 0 aliphatic heterocycles. The van der Waals surface area contributed by atoms with Crippen molar-refractivity contribution in [2.45, 2.75) is 11.0 Å². The maximum Gasteiger partial charge on any atom is 0.516 e. The first-order valence-corrected chi connectivity index (χ1v) is 7.45. The summed E-state index contributed by atoms with van der Waals surface area (Å²) in [6.45, 7) is 0. The van der Waals surface area contributed by atoms with E-state index >= 15 is 0 Å². The summed E-state index contributed by atoms with van der Waals surface area (Å²) in [6.07, 6.45) is 0. The molecule has 0 radical (unpaired) electrons. The van der Waals surface area contributed by atoms with Gasteiger partial charge in [-0.25, -0.2) is 8.61 Å². The average molecular weight is 380 g/mol. The van der Waals surface area contributed by atoms with Crippen molar-refractivity contribution in [3.8, 4) is 0 Å². The molecule has 8 nitrogen and oxygen atoms in total. The van der Waals surface area contributed by atoms with Crippen LogP contribution in [0.1, 0.15) is 0 Å². The van der Waals surface area contributed by atoms with Crippen molar-refractivity contribution in [3.63, 3.8) is 0 Å². The van der Waals surface area contributed by atoms with Gasteiger partial charge in [-0.1, -0.05) is 0 Å². The molecule has 0 aromatic carbocycles. The van der Waals surface area contributed by atoms with E-state index in [1.165, 1.54) is 0 Å². The maximum atomic E-state index is 12.1. The molecule has 0 heterocycles. The molecule has 0 aliphatic carbocycles. The van der Waals surface area contributed by atoms with Crippen LogP contribution in [0.3, 0.4) is 0 Å². The van der Waals surface area contributed by atoms with Crippen LogP contribution in [-0.4, -0.2) is 62.4 Å². The Morgan fingerprint density at radius 1 is 0.682 bits per heavy atom. The smallest absolute Gasteiger partial charge is 0.262 e. The lowest BCUT2D eigenvalue weighted by Crippen LogP contribution is -2.51. The Balaban J connectivity index is 5.66. The third-order valence-electron chi connectivity index (χ3n) is 2.06. The third-order valence-corrected chi connectivity index (χ3v) is 5.00. The van der Waals surface area contributed by atoms with Crippen molar-refractivity contribution in [2.75, 3.05) is 14.1 Å². The van der Waals surface area contributed by atoms with Crippen LogP contribution in [0.25, 0.3) is 0 Å². The SMILES string of the molecule is CN(C(=O)C(=O)N(C)S(=O)(=O)C(F)(F)F)S(=O)(=O)C(F)(F)F. The van der Waals surface area contributed by atoms with Crippen molar-refractivity contribution < 1.29 is 52.8 Å². The molecule has 0 fully saturated rings. The van der Waals surface area contributed by atoms with E-state index in [-0.39, 0.29) is 14.1 Å². The molecule has 0 saturated carbocycles. The topological polar surface area (TPSA) is 109 Å². The molecule has 0 spiro atoms. The Morgan fingerprint density at radius 2 is 0.864 bits per heavy atom. The van der Waals surface area contributed by atoms with Gasteiger partial charge in [-0.2, -0.15) is 43.2 Å². The van der Waals surface area contributed by atoms with Crippen molar-refractivity contribution in [2.24, 2.45) is 0 Å². The number of hydrogen-bond donors (Lipinski definition) is 0. The van der Waals surface area contributed by atoms with E-state index in [1.807, 2.05) is 0 Å². The highest BCUT2D eigenvalue weighted by Crippen LogP contribution is 2.28. The molecule has 0 rings (SSSR count). The number of carbonyl (C=O) groups is 2. The average Bonchev–Trinajstić information content (AvgIpc) is 2.32. The van der Waals surface area contributed by atoms with Crippen LogP contribution in [0.5, 0.6) is 0 Å². The highest BCUT2D eigenvalue weighted by atomic mass is 32.2. The van der Waals surface area contributed by atoms with E-state index in [2.05, 4.69) is 0 Å². The number of halogens is 6. The number of nitrogens with zero attached hydrogens (tertiary/aromatic N) is 2. The van der Waals surface area contributed by atoms with Gasteiger partial charge in [-0.15, -0.1) is 0 Å². The van der Waals surface area contributed by atoms with E-state index in [0.717, 1.165) is 0 Å². The van der Waals surface area contributed by atoms with E-state index < -0.39 is 51.5 Å². The van der Waals surface area contributed by atoms with Crippen LogP contribution in [-0.2, 0) is 29.6 Å². The number of hydrogen-bond acceptors (Lipinski definition) is 6. The highest BCUT2D eigenvalue weighted by Gasteiger charge is 2.55. The van der Waals surface area contributed by atoms with Gasteiger partial charge in [0.25, 0.3) is 0 Å².